The molecule has 0 aliphatic rings. The van der Waals surface area contributed by atoms with Crippen LogP contribution in [0.15, 0.2) is 64.3 Å². The molecule has 40 heavy (non-hydrogen) atoms. The molecule has 0 amide bonds. The van der Waals surface area contributed by atoms with Crippen molar-refractivity contribution in [3.05, 3.63) is 104 Å². The van der Waals surface area contributed by atoms with E-state index in [4.69, 9.17) is 10.5 Å². The van der Waals surface area contributed by atoms with Gasteiger partial charge in [-0.25, -0.2) is 27.5 Å². The van der Waals surface area contributed by atoms with E-state index in [1.165, 1.54) is 31.4 Å². The van der Waals surface area contributed by atoms with E-state index >= 15 is 4.39 Å². The number of halogens is 3. The molecule has 5 rings (SSSR count). The van der Waals surface area contributed by atoms with Gasteiger partial charge >= 0.3 is 5.69 Å². The quantitative estimate of drug-likeness (QED) is 0.314. The first-order valence-electron chi connectivity index (χ1n) is 12.1. The van der Waals surface area contributed by atoms with Crippen LogP contribution in [-0.2, 0) is 13.1 Å². The molecular weight excluding hydrogens is 543 g/mol. The number of hydrogen-bond donors (Lipinski definition) is 1. The van der Waals surface area contributed by atoms with Crippen LogP contribution in [0.1, 0.15) is 11.1 Å². The molecule has 0 bridgehead atoms. The van der Waals surface area contributed by atoms with Gasteiger partial charge in [-0.15, -0.1) is 11.3 Å². The zero-order valence-electron chi connectivity index (χ0n) is 21.7. The second-order valence-electron chi connectivity index (χ2n) is 9.30. The average Bonchev–Trinajstić information content (AvgIpc) is 3.28. The van der Waals surface area contributed by atoms with Crippen LogP contribution in [0.2, 0.25) is 0 Å². The maximum absolute atomic E-state index is 15.4. The lowest BCUT2D eigenvalue weighted by molar-refractivity contribution is 0.385. The Balaban J connectivity index is 1.94. The highest BCUT2D eigenvalue weighted by atomic mass is 32.1. The minimum absolute atomic E-state index is 0.115. The predicted molar refractivity (Wildman–Crippen MR) is 149 cm³/mol. The smallest absolute Gasteiger partial charge is 0.337 e. The van der Waals surface area contributed by atoms with Gasteiger partial charge in [0, 0.05) is 28.7 Å². The van der Waals surface area contributed by atoms with Gasteiger partial charge in [-0.05, 0) is 56.1 Å². The van der Waals surface area contributed by atoms with Crippen LogP contribution in [-0.4, -0.2) is 40.2 Å². The molecule has 3 heterocycles. The van der Waals surface area contributed by atoms with Crippen molar-refractivity contribution in [3.63, 3.8) is 0 Å². The molecule has 8 nitrogen and oxygen atoms in total. The third kappa shape index (κ3) is 4.65. The summed E-state index contributed by atoms with van der Waals surface area (Å²) in [6.45, 7) is -0.275. The van der Waals surface area contributed by atoms with Crippen molar-refractivity contribution in [2.24, 2.45) is 0 Å². The summed E-state index contributed by atoms with van der Waals surface area (Å²) >= 11 is 1.11. The molecule has 0 unspecified atom stereocenters. The van der Waals surface area contributed by atoms with Gasteiger partial charge < -0.3 is 15.4 Å². The number of aromatic nitrogens is 3. The highest BCUT2D eigenvalue weighted by Gasteiger charge is 2.26. The van der Waals surface area contributed by atoms with E-state index in [2.05, 4.69) is 4.98 Å². The van der Waals surface area contributed by atoms with Gasteiger partial charge in [-0.3, -0.25) is 9.36 Å². The molecule has 0 spiro atoms. The molecule has 2 aromatic carbocycles. The van der Waals surface area contributed by atoms with Crippen LogP contribution >= 0.6 is 11.3 Å². The Hall–Kier alpha value is -4.42. The maximum atomic E-state index is 15.4. The third-order valence-corrected chi connectivity index (χ3v) is 7.68. The molecule has 0 saturated carbocycles. The zero-order chi connectivity index (χ0) is 28.7. The van der Waals surface area contributed by atoms with Gasteiger partial charge in [-0.1, -0.05) is 12.1 Å². The molecule has 12 heteroatoms. The van der Waals surface area contributed by atoms with Crippen LogP contribution in [0.3, 0.4) is 0 Å². The van der Waals surface area contributed by atoms with E-state index in [1.807, 2.05) is 4.90 Å². The number of ether oxygens (including phenoxy) is 1. The number of pyridine rings is 1. The van der Waals surface area contributed by atoms with E-state index in [0.29, 0.717) is 26.4 Å². The molecule has 5 aromatic rings. The average molecular weight is 568 g/mol. The summed E-state index contributed by atoms with van der Waals surface area (Å²) in [5.74, 6) is -2.54. The third-order valence-electron chi connectivity index (χ3n) is 6.38. The van der Waals surface area contributed by atoms with Gasteiger partial charge in [-0.2, -0.15) is 0 Å². The number of methoxy groups -OCH3 is 1. The molecule has 0 aliphatic carbocycles. The van der Waals surface area contributed by atoms with Gasteiger partial charge in [0.15, 0.2) is 11.6 Å². The molecule has 3 aromatic heterocycles. The monoisotopic (exact) mass is 567 g/mol. The number of fused-ring (bicyclic) bond motifs is 1. The largest absolute Gasteiger partial charge is 0.494 e. The number of benzene rings is 2. The van der Waals surface area contributed by atoms with Crippen molar-refractivity contribution in [1.82, 2.24) is 19.0 Å². The molecule has 206 valence electrons. The van der Waals surface area contributed by atoms with Crippen LogP contribution in [0.4, 0.5) is 19.0 Å². The fourth-order valence-electron chi connectivity index (χ4n) is 4.53. The molecular formula is C28H24F3N5O3S. The first kappa shape index (κ1) is 27.2. The van der Waals surface area contributed by atoms with E-state index < -0.39 is 35.2 Å². The van der Waals surface area contributed by atoms with Gasteiger partial charge in [0.05, 0.1) is 24.7 Å². The lowest BCUT2D eigenvalue weighted by Gasteiger charge is -2.15. The lowest BCUT2D eigenvalue weighted by atomic mass is 10.1. The lowest BCUT2D eigenvalue weighted by Crippen LogP contribution is -2.39. The SMILES string of the molecule is COc1cccc(-n2c(=O)c3c(CN(C)C)c(-c4ccc(N)nc4)sc3n(Cc3c(F)cccc3F)c2=O)c1F. The topological polar surface area (TPSA) is 95.4 Å². The molecule has 0 fully saturated rings. The van der Waals surface area contributed by atoms with Crippen molar-refractivity contribution in [3.8, 4) is 21.9 Å². The van der Waals surface area contributed by atoms with E-state index in [0.717, 1.165) is 28.0 Å². The van der Waals surface area contributed by atoms with Gasteiger partial charge in [0.1, 0.15) is 22.3 Å². The number of nitrogen functional groups attached to an aromatic ring is 1. The van der Waals surface area contributed by atoms with Crippen LogP contribution in [0.25, 0.3) is 26.3 Å². The highest BCUT2D eigenvalue weighted by molar-refractivity contribution is 7.22. The fourth-order valence-corrected chi connectivity index (χ4v) is 5.82. The summed E-state index contributed by atoms with van der Waals surface area (Å²) in [6.07, 6.45) is 1.54. The second kappa shape index (κ2) is 10.6. The summed E-state index contributed by atoms with van der Waals surface area (Å²) in [5, 5.41) is 0.115. The van der Waals surface area contributed by atoms with Crippen molar-refractivity contribution in [2.75, 3.05) is 26.9 Å². The van der Waals surface area contributed by atoms with Gasteiger partial charge in [0.2, 0.25) is 0 Å². The number of nitrogens with two attached hydrogens (primary N) is 1. The Morgan fingerprint density at radius 3 is 2.33 bits per heavy atom. The minimum Gasteiger partial charge on any atom is -0.494 e. The summed E-state index contributed by atoms with van der Waals surface area (Å²) < 4.78 is 51.8. The Labute approximate surface area is 230 Å². The standard InChI is InChI=1S/C28H24F3N5O3S/c1-34(2)13-17-23-26(37)36(20-8-5-9-21(39-3)24(20)31)28(38)35(14-16-18(29)6-4-7-19(16)30)27(23)40-25(17)15-10-11-22(32)33-12-15/h4-12H,13-14H2,1-3H3,(H2,32,33). The van der Waals surface area contributed by atoms with Gasteiger partial charge in [0.25, 0.3) is 5.56 Å². The summed E-state index contributed by atoms with van der Waals surface area (Å²) in [4.78, 5) is 34.8. The summed E-state index contributed by atoms with van der Waals surface area (Å²) in [7, 11) is 4.87. The molecule has 0 radical (unpaired) electrons. The summed E-state index contributed by atoms with van der Waals surface area (Å²) in [6, 6.07) is 10.8. The van der Waals surface area contributed by atoms with Crippen LogP contribution in [0.5, 0.6) is 5.75 Å². The summed E-state index contributed by atoms with van der Waals surface area (Å²) in [5.41, 5.74) is 4.47. The Morgan fingerprint density at radius 2 is 1.70 bits per heavy atom. The number of hydrogen-bond acceptors (Lipinski definition) is 7. The number of nitrogens with zero attached hydrogens (tertiary/aromatic N) is 4. The number of anilines is 1. The Morgan fingerprint density at radius 1 is 1.00 bits per heavy atom. The zero-order valence-corrected chi connectivity index (χ0v) is 22.6. The van der Waals surface area contributed by atoms with E-state index in [-0.39, 0.29) is 33.8 Å². The predicted octanol–water partition coefficient (Wildman–Crippen LogP) is 4.39. The normalized spacial score (nSPS) is 11.5. The van der Waals surface area contributed by atoms with Crippen LogP contribution < -0.4 is 21.7 Å². The molecule has 0 atom stereocenters. The van der Waals surface area contributed by atoms with Crippen molar-refractivity contribution < 1.29 is 17.9 Å². The first-order chi connectivity index (χ1) is 19.1. The molecule has 0 aliphatic heterocycles. The Kier molecular flexibility index (Phi) is 7.21. The van der Waals surface area contributed by atoms with Crippen molar-refractivity contribution in [1.29, 1.82) is 0 Å². The minimum atomic E-state index is -0.966. The Bertz CT molecular complexity index is 1840. The number of rotatable bonds is 7. The first-order valence-corrected chi connectivity index (χ1v) is 12.9. The molecule has 0 saturated heterocycles. The fraction of sp³-hybridized carbons (Fsp3) is 0.179. The molecule has 2 N–H and O–H groups in total. The van der Waals surface area contributed by atoms with Crippen molar-refractivity contribution in [2.45, 2.75) is 13.1 Å². The van der Waals surface area contributed by atoms with E-state index in [9.17, 15) is 18.4 Å². The van der Waals surface area contributed by atoms with Crippen LogP contribution in [0, 0.1) is 17.5 Å². The van der Waals surface area contributed by atoms with E-state index in [1.54, 1.807) is 32.4 Å². The highest BCUT2D eigenvalue weighted by Crippen LogP contribution is 2.38. The van der Waals surface area contributed by atoms with Crippen molar-refractivity contribution >= 4 is 27.4 Å². The second-order valence-corrected chi connectivity index (χ2v) is 10.3. The maximum Gasteiger partial charge on any atom is 0.337 e. The number of thiophene rings is 1.